The summed E-state index contributed by atoms with van der Waals surface area (Å²) in [7, 11) is 0. The van der Waals surface area contributed by atoms with Gasteiger partial charge < -0.3 is 20.7 Å². The highest BCUT2D eigenvalue weighted by atomic mass is 32.1. The number of carbonyl (C=O) groups excluding carboxylic acids is 2. The molecule has 0 unspecified atom stereocenters. The third kappa shape index (κ3) is 6.33. The molecular formula is C20H26N4O3S. The molecule has 1 aliphatic heterocycles. The Balaban J connectivity index is 1.41. The van der Waals surface area contributed by atoms with Crippen LogP contribution in [0.4, 0.5) is 4.79 Å². The fraction of sp³-hybridized carbons (Fsp3) is 0.400. The van der Waals surface area contributed by atoms with Crippen molar-refractivity contribution >= 4 is 23.3 Å². The zero-order chi connectivity index (χ0) is 19.6. The van der Waals surface area contributed by atoms with Crippen LogP contribution in [0.15, 0.2) is 47.8 Å². The molecule has 1 saturated heterocycles. The number of urea groups is 1. The Labute approximate surface area is 169 Å². The van der Waals surface area contributed by atoms with E-state index in [1.807, 2.05) is 41.8 Å². The van der Waals surface area contributed by atoms with Gasteiger partial charge in [-0.05, 0) is 17.0 Å². The first-order valence-electron chi connectivity index (χ1n) is 9.40. The van der Waals surface area contributed by atoms with Crippen molar-refractivity contribution in [2.45, 2.75) is 12.6 Å². The highest BCUT2D eigenvalue weighted by Gasteiger charge is 2.23. The minimum atomic E-state index is -0.359. The molecule has 3 amide bonds. The van der Waals surface area contributed by atoms with E-state index in [0.717, 1.165) is 18.7 Å². The molecule has 1 aromatic heterocycles. The van der Waals surface area contributed by atoms with Gasteiger partial charge in [-0.3, -0.25) is 9.69 Å². The second-order valence-electron chi connectivity index (χ2n) is 6.51. The fourth-order valence-electron chi connectivity index (χ4n) is 3.05. The van der Waals surface area contributed by atoms with E-state index >= 15 is 0 Å². The van der Waals surface area contributed by atoms with E-state index in [-0.39, 0.29) is 24.5 Å². The maximum absolute atomic E-state index is 12.2. The number of ether oxygens (including phenoxy) is 1. The number of morpholine rings is 1. The van der Waals surface area contributed by atoms with Crippen molar-refractivity contribution in [2.75, 3.05) is 39.4 Å². The third-order valence-electron chi connectivity index (χ3n) is 4.56. The number of thiophene rings is 1. The van der Waals surface area contributed by atoms with Crippen molar-refractivity contribution < 1.29 is 14.3 Å². The molecule has 0 spiro atoms. The predicted molar refractivity (Wildman–Crippen MR) is 109 cm³/mol. The summed E-state index contributed by atoms with van der Waals surface area (Å²) in [5, 5.41) is 10.3. The Morgan fingerprint density at radius 1 is 1.04 bits per heavy atom. The molecule has 1 aromatic carbocycles. The molecule has 2 aromatic rings. The average molecular weight is 403 g/mol. The van der Waals surface area contributed by atoms with Gasteiger partial charge in [0.15, 0.2) is 0 Å². The molecule has 3 N–H and O–H groups in total. The van der Waals surface area contributed by atoms with Crippen LogP contribution >= 0.6 is 11.3 Å². The van der Waals surface area contributed by atoms with Crippen LogP contribution in [0.3, 0.4) is 0 Å². The highest BCUT2D eigenvalue weighted by Crippen LogP contribution is 2.25. The van der Waals surface area contributed by atoms with E-state index in [1.165, 1.54) is 4.88 Å². The first kappa shape index (κ1) is 20.3. The molecule has 0 bridgehead atoms. The highest BCUT2D eigenvalue weighted by molar-refractivity contribution is 7.10. The molecule has 0 radical (unpaired) electrons. The van der Waals surface area contributed by atoms with E-state index in [1.54, 1.807) is 11.3 Å². The summed E-state index contributed by atoms with van der Waals surface area (Å²) in [6, 6.07) is 13.5. The largest absolute Gasteiger partial charge is 0.379 e. The van der Waals surface area contributed by atoms with E-state index in [9.17, 15) is 9.59 Å². The lowest BCUT2D eigenvalue weighted by Crippen LogP contribution is -2.46. The van der Waals surface area contributed by atoms with Crippen molar-refractivity contribution in [3.63, 3.8) is 0 Å². The number of hydrogen-bond acceptors (Lipinski definition) is 5. The molecule has 2 heterocycles. The third-order valence-corrected chi connectivity index (χ3v) is 5.53. The minimum Gasteiger partial charge on any atom is -0.379 e. The van der Waals surface area contributed by atoms with Crippen LogP contribution in [0.25, 0.3) is 0 Å². The Hall–Kier alpha value is -2.42. The normalized spacial score (nSPS) is 15.6. The molecule has 28 heavy (non-hydrogen) atoms. The summed E-state index contributed by atoms with van der Waals surface area (Å²) in [5.41, 5.74) is 1.01. The molecule has 3 rings (SSSR count). The molecular weight excluding hydrogens is 376 g/mol. The van der Waals surface area contributed by atoms with E-state index in [4.69, 9.17) is 4.74 Å². The molecule has 1 fully saturated rings. The van der Waals surface area contributed by atoms with Gasteiger partial charge in [0, 0.05) is 31.1 Å². The molecule has 8 heteroatoms. The van der Waals surface area contributed by atoms with Gasteiger partial charge in [-0.25, -0.2) is 4.79 Å². The van der Waals surface area contributed by atoms with Crippen LogP contribution in [0.1, 0.15) is 16.5 Å². The van der Waals surface area contributed by atoms with Crippen LogP contribution in [-0.4, -0.2) is 56.2 Å². The van der Waals surface area contributed by atoms with Crippen molar-refractivity contribution in [3.8, 4) is 0 Å². The van der Waals surface area contributed by atoms with E-state index in [0.29, 0.717) is 26.3 Å². The molecule has 7 nitrogen and oxygen atoms in total. The lowest BCUT2D eigenvalue weighted by molar-refractivity contribution is -0.120. The lowest BCUT2D eigenvalue weighted by atomic mass is 10.2. The molecule has 1 aliphatic rings. The van der Waals surface area contributed by atoms with Gasteiger partial charge in [0.1, 0.15) is 0 Å². The van der Waals surface area contributed by atoms with Crippen LogP contribution in [0.2, 0.25) is 0 Å². The van der Waals surface area contributed by atoms with E-state index < -0.39 is 0 Å². The first-order chi connectivity index (χ1) is 13.7. The van der Waals surface area contributed by atoms with Crippen molar-refractivity contribution in [3.05, 3.63) is 58.3 Å². The van der Waals surface area contributed by atoms with Gasteiger partial charge in [-0.15, -0.1) is 11.3 Å². The van der Waals surface area contributed by atoms with Gasteiger partial charge in [0.2, 0.25) is 5.91 Å². The second kappa shape index (κ2) is 10.8. The van der Waals surface area contributed by atoms with E-state index in [2.05, 4.69) is 26.9 Å². The lowest BCUT2D eigenvalue weighted by Gasteiger charge is -2.34. The zero-order valence-electron chi connectivity index (χ0n) is 15.7. The van der Waals surface area contributed by atoms with Crippen molar-refractivity contribution in [2.24, 2.45) is 0 Å². The molecule has 150 valence electrons. The average Bonchev–Trinajstić information content (AvgIpc) is 3.27. The molecule has 0 aliphatic carbocycles. The summed E-state index contributed by atoms with van der Waals surface area (Å²) in [4.78, 5) is 27.6. The number of nitrogens with one attached hydrogen (secondary N) is 3. The van der Waals surface area contributed by atoms with Crippen LogP contribution in [0.5, 0.6) is 0 Å². The Kier molecular flexibility index (Phi) is 7.83. The summed E-state index contributed by atoms with van der Waals surface area (Å²) in [5.74, 6) is -0.204. The SMILES string of the molecule is O=C(CNC(=O)NCc1ccccc1)NC[C@H](c1cccs1)N1CCOCC1. The van der Waals surface area contributed by atoms with Crippen molar-refractivity contribution in [1.29, 1.82) is 0 Å². The first-order valence-corrected chi connectivity index (χ1v) is 10.3. The van der Waals surface area contributed by atoms with Gasteiger partial charge >= 0.3 is 6.03 Å². The van der Waals surface area contributed by atoms with Crippen molar-refractivity contribution in [1.82, 2.24) is 20.9 Å². The van der Waals surface area contributed by atoms with Crippen LogP contribution in [0, 0.1) is 0 Å². The Morgan fingerprint density at radius 2 is 1.82 bits per heavy atom. The number of amides is 3. The fourth-order valence-corrected chi connectivity index (χ4v) is 3.91. The Bertz CT molecular complexity index is 733. The maximum Gasteiger partial charge on any atom is 0.315 e. The summed E-state index contributed by atoms with van der Waals surface area (Å²) in [6.45, 7) is 3.98. The zero-order valence-corrected chi connectivity index (χ0v) is 16.5. The number of nitrogens with zero attached hydrogens (tertiary/aromatic N) is 1. The Morgan fingerprint density at radius 3 is 2.54 bits per heavy atom. The summed E-state index contributed by atoms with van der Waals surface area (Å²) in [6.07, 6.45) is 0. The van der Waals surface area contributed by atoms with Gasteiger partial charge in [-0.1, -0.05) is 36.4 Å². The van der Waals surface area contributed by atoms with Gasteiger partial charge in [-0.2, -0.15) is 0 Å². The predicted octanol–water partition coefficient (Wildman–Crippen LogP) is 1.74. The van der Waals surface area contributed by atoms with Gasteiger partial charge in [0.05, 0.1) is 25.8 Å². The summed E-state index contributed by atoms with van der Waals surface area (Å²) < 4.78 is 5.43. The maximum atomic E-state index is 12.2. The molecule has 0 saturated carbocycles. The number of benzene rings is 1. The second-order valence-corrected chi connectivity index (χ2v) is 7.48. The number of hydrogen-bond donors (Lipinski definition) is 3. The molecule has 1 atom stereocenters. The van der Waals surface area contributed by atoms with Gasteiger partial charge in [0.25, 0.3) is 0 Å². The van der Waals surface area contributed by atoms with Crippen LogP contribution in [-0.2, 0) is 16.1 Å². The van der Waals surface area contributed by atoms with Crippen LogP contribution < -0.4 is 16.0 Å². The monoisotopic (exact) mass is 402 g/mol. The quantitative estimate of drug-likeness (QED) is 0.628. The number of carbonyl (C=O) groups is 2. The summed E-state index contributed by atoms with van der Waals surface area (Å²) >= 11 is 1.69. The smallest absolute Gasteiger partial charge is 0.315 e. The topological polar surface area (TPSA) is 82.7 Å². The minimum absolute atomic E-state index is 0.0547. The standard InChI is InChI=1S/C20H26N4O3S/c25-19(15-23-20(26)22-13-16-5-2-1-3-6-16)21-14-17(18-7-4-12-28-18)24-8-10-27-11-9-24/h1-7,12,17H,8-11,13-15H2,(H,21,25)(H2,22,23,26)/t17-/m1/s1. The number of rotatable bonds is 8.